The average molecular weight is 221 g/mol. The van der Waals surface area contributed by atoms with Crippen LogP contribution in [0.1, 0.15) is 38.3 Å². The number of halogens is 1. The predicted octanol–water partition coefficient (Wildman–Crippen LogP) is 3.83. The SMILES string of the molecule is C/C=C/CCNC(CC)c1cccc(F)c1. The molecule has 1 atom stereocenters. The Bertz CT molecular complexity index is 333. The molecule has 0 amide bonds. The van der Waals surface area contributed by atoms with Gasteiger partial charge in [-0.05, 0) is 44.0 Å². The zero-order valence-electron chi connectivity index (χ0n) is 10.0. The molecule has 1 nitrogen and oxygen atoms in total. The number of rotatable bonds is 6. The number of nitrogens with one attached hydrogen (secondary N) is 1. The fraction of sp³-hybridized carbons (Fsp3) is 0.429. The molecule has 0 bridgehead atoms. The highest BCUT2D eigenvalue weighted by molar-refractivity contribution is 5.20. The summed E-state index contributed by atoms with van der Waals surface area (Å²) in [6, 6.07) is 7.08. The summed E-state index contributed by atoms with van der Waals surface area (Å²) in [6.07, 6.45) is 6.16. The summed E-state index contributed by atoms with van der Waals surface area (Å²) in [6.45, 7) is 5.06. The zero-order chi connectivity index (χ0) is 11.8. The van der Waals surface area contributed by atoms with Crippen LogP contribution in [0.5, 0.6) is 0 Å². The van der Waals surface area contributed by atoms with Crippen molar-refractivity contribution >= 4 is 0 Å². The minimum absolute atomic E-state index is 0.161. The van der Waals surface area contributed by atoms with Gasteiger partial charge in [-0.1, -0.05) is 31.2 Å². The van der Waals surface area contributed by atoms with E-state index in [1.54, 1.807) is 12.1 Å². The molecule has 1 rings (SSSR count). The lowest BCUT2D eigenvalue weighted by atomic mass is 10.0. The van der Waals surface area contributed by atoms with Crippen molar-refractivity contribution in [1.82, 2.24) is 5.32 Å². The molecule has 0 aliphatic rings. The molecule has 0 saturated carbocycles. The minimum atomic E-state index is -0.161. The molecule has 16 heavy (non-hydrogen) atoms. The van der Waals surface area contributed by atoms with Gasteiger partial charge in [-0.3, -0.25) is 0 Å². The summed E-state index contributed by atoms with van der Waals surface area (Å²) in [5.74, 6) is -0.161. The van der Waals surface area contributed by atoms with Gasteiger partial charge in [-0.25, -0.2) is 4.39 Å². The van der Waals surface area contributed by atoms with Crippen LogP contribution in [0.2, 0.25) is 0 Å². The van der Waals surface area contributed by atoms with E-state index in [4.69, 9.17) is 0 Å². The first-order valence-corrected chi connectivity index (χ1v) is 5.88. The number of benzene rings is 1. The minimum Gasteiger partial charge on any atom is -0.310 e. The first-order chi connectivity index (χ1) is 7.77. The molecule has 1 N–H and O–H groups in total. The molecule has 0 heterocycles. The van der Waals surface area contributed by atoms with Gasteiger partial charge in [0.25, 0.3) is 0 Å². The molecule has 1 unspecified atom stereocenters. The highest BCUT2D eigenvalue weighted by Crippen LogP contribution is 2.17. The fourth-order valence-electron chi connectivity index (χ4n) is 1.73. The fourth-order valence-corrected chi connectivity index (χ4v) is 1.73. The Hall–Kier alpha value is -1.15. The van der Waals surface area contributed by atoms with Gasteiger partial charge in [0, 0.05) is 6.04 Å². The van der Waals surface area contributed by atoms with Crippen LogP contribution in [0.25, 0.3) is 0 Å². The second-order valence-corrected chi connectivity index (χ2v) is 3.83. The molecule has 2 heteroatoms. The lowest BCUT2D eigenvalue weighted by molar-refractivity contribution is 0.520. The maximum atomic E-state index is 13.1. The maximum absolute atomic E-state index is 13.1. The second kappa shape index (κ2) is 7.18. The normalized spacial score (nSPS) is 13.2. The Morgan fingerprint density at radius 1 is 1.44 bits per heavy atom. The van der Waals surface area contributed by atoms with Gasteiger partial charge in [0.05, 0.1) is 0 Å². The lowest BCUT2D eigenvalue weighted by Gasteiger charge is -2.16. The van der Waals surface area contributed by atoms with E-state index in [1.807, 2.05) is 19.1 Å². The molecule has 1 aromatic rings. The van der Waals surface area contributed by atoms with Crippen molar-refractivity contribution < 1.29 is 4.39 Å². The number of hydrogen-bond donors (Lipinski definition) is 1. The Balaban J connectivity index is 2.53. The topological polar surface area (TPSA) is 12.0 Å². The third-order valence-corrected chi connectivity index (χ3v) is 2.60. The quantitative estimate of drug-likeness (QED) is 0.568. The number of allylic oxidation sites excluding steroid dienone is 1. The van der Waals surface area contributed by atoms with Crippen LogP contribution in [-0.4, -0.2) is 6.54 Å². The van der Waals surface area contributed by atoms with Crippen LogP contribution in [0.15, 0.2) is 36.4 Å². The summed E-state index contributed by atoms with van der Waals surface area (Å²) in [5, 5.41) is 3.43. The molecule has 88 valence electrons. The molecule has 1 aromatic carbocycles. The van der Waals surface area contributed by atoms with E-state index in [-0.39, 0.29) is 11.9 Å². The van der Waals surface area contributed by atoms with Crippen LogP contribution in [0, 0.1) is 5.82 Å². The largest absolute Gasteiger partial charge is 0.310 e. The molecule has 0 aliphatic heterocycles. The van der Waals surface area contributed by atoms with E-state index in [0.29, 0.717) is 0 Å². The van der Waals surface area contributed by atoms with Crippen LogP contribution in [0.4, 0.5) is 4.39 Å². The third kappa shape index (κ3) is 4.15. The average Bonchev–Trinajstić information content (AvgIpc) is 2.29. The van der Waals surface area contributed by atoms with Crippen molar-refractivity contribution in [2.45, 2.75) is 32.7 Å². The van der Waals surface area contributed by atoms with Crippen molar-refractivity contribution in [2.24, 2.45) is 0 Å². The van der Waals surface area contributed by atoms with E-state index >= 15 is 0 Å². The molecule has 0 fully saturated rings. The van der Waals surface area contributed by atoms with Crippen LogP contribution < -0.4 is 5.32 Å². The van der Waals surface area contributed by atoms with Gasteiger partial charge in [0.15, 0.2) is 0 Å². The van der Waals surface area contributed by atoms with Gasteiger partial charge >= 0.3 is 0 Å². The Morgan fingerprint density at radius 2 is 2.25 bits per heavy atom. The smallest absolute Gasteiger partial charge is 0.123 e. The molecule has 0 spiro atoms. The van der Waals surface area contributed by atoms with Crippen molar-refractivity contribution in [3.63, 3.8) is 0 Å². The monoisotopic (exact) mass is 221 g/mol. The standard InChI is InChI=1S/C14H20FN/c1-3-5-6-10-16-14(4-2)12-8-7-9-13(15)11-12/h3,5,7-9,11,14,16H,4,6,10H2,1-2H3/b5-3+. The third-order valence-electron chi connectivity index (χ3n) is 2.60. The summed E-state index contributed by atoms with van der Waals surface area (Å²) in [7, 11) is 0. The Labute approximate surface area is 97.4 Å². The van der Waals surface area contributed by atoms with Gasteiger partial charge in [-0.2, -0.15) is 0 Å². The maximum Gasteiger partial charge on any atom is 0.123 e. The van der Waals surface area contributed by atoms with Gasteiger partial charge in [0.1, 0.15) is 5.82 Å². The summed E-state index contributed by atoms with van der Waals surface area (Å²) < 4.78 is 13.1. The van der Waals surface area contributed by atoms with Gasteiger partial charge in [0.2, 0.25) is 0 Å². The van der Waals surface area contributed by atoms with E-state index in [0.717, 1.165) is 24.9 Å². The van der Waals surface area contributed by atoms with Crippen molar-refractivity contribution in [3.8, 4) is 0 Å². The highest BCUT2D eigenvalue weighted by atomic mass is 19.1. The first-order valence-electron chi connectivity index (χ1n) is 5.88. The first kappa shape index (κ1) is 12.9. The van der Waals surface area contributed by atoms with Crippen molar-refractivity contribution in [3.05, 3.63) is 47.8 Å². The molecular weight excluding hydrogens is 201 g/mol. The van der Waals surface area contributed by atoms with Gasteiger partial charge < -0.3 is 5.32 Å². The van der Waals surface area contributed by atoms with Crippen molar-refractivity contribution in [2.75, 3.05) is 6.54 Å². The predicted molar refractivity (Wildman–Crippen MR) is 66.9 cm³/mol. The summed E-state index contributed by atoms with van der Waals surface area (Å²) in [5.41, 5.74) is 1.03. The number of hydrogen-bond acceptors (Lipinski definition) is 1. The van der Waals surface area contributed by atoms with E-state index in [2.05, 4.69) is 18.3 Å². The van der Waals surface area contributed by atoms with Crippen molar-refractivity contribution in [1.29, 1.82) is 0 Å². The summed E-state index contributed by atoms with van der Waals surface area (Å²) in [4.78, 5) is 0. The van der Waals surface area contributed by atoms with Gasteiger partial charge in [-0.15, -0.1) is 0 Å². The second-order valence-electron chi connectivity index (χ2n) is 3.83. The van der Waals surface area contributed by atoms with E-state index in [1.165, 1.54) is 6.07 Å². The summed E-state index contributed by atoms with van der Waals surface area (Å²) >= 11 is 0. The molecular formula is C14H20FN. The van der Waals surface area contributed by atoms with Crippen LogP contribution in [0.3, 0.4) is 0 Å². The van der Waals surface area contributed by atoms with Crippen LogP contribution in [-0.2, 0) is 0 Å². The lowest BCUT2D eigenvalue weighted by Crippen LogP contribution is -2.21. The van der Waals surface area contributed by atoms with E-state index < -0.39 is 0 Å². The molecule has 0 saturated heterocycles. The molecule has 0 aliphatic carbocycles. The van der Waals surface area contributed by atoms with Crippen LogP contribution >= 0.6 is 0 Å². The van der Waals surface area contributed by atoms with E-state index in [9.17, 15) is 4.39 Å². The molecule has 0 radical (unpaired) electrons. The highest BCUT2D eigenvalue weighted by Gasteiger charge is 2.08. The zero-order valence-corrected chi connectivity index (χ0v) is 10.0. The molecule has 0 aromatic heterocycles. The Morgan fingerprint density at radius 3 is 2.88 bits per heavy atom. The Kier molecular flexibility index (Phi) is 5.79.